The zero-order valence-electron chi connectivity index (χ0n) is 15.7. The van der Waals surface area contributed by atoms with Gasteiger partial charge in [0.2, 0.25) is 0 Å². The summed E-state index contributed by atoms with van der Waals surface area (Å²) < 4.78 is 76.8. The molecule has 2 heterocycles. The topological polar surface area (TPSA) is 244 Å². The third-order valence-corrected chi connectivity index (χ3v) is 7.33. The van der Waals surface area contributed by atoms with Crippen molar-refractivity contribution < 1.29 is 65.3 Å². The highest BCUT2D eigenvalue weighted by atomic mass is 31.3. The average Bonchev–Trinajstić information content (AvgIpc) is 2.94. The first-order chi connectivity index (χ1) is 14.3. The molecule has 21 heteroatoms. The Kier molecular flexibility index (Phi) is 7.84. The Balaban J connectivity index is 2.03. The van der Waals surface area contributed by atoms with Gasteiger partial charge < -0.3 is 29.4 Å². The lowest BCUT2D eigenvalue weighted by molar-refractivity contribution is -0.128. The van der Waals surface area contributed by atoms with Crippen LogP contribution in [-0.4, -0.2) is 58.9 Å². The molecule has 2 unspecified atom stereocenters. The number of halogens is 2. The Morgan fingerprint density at radius 1 is 1.22 bits per heavy atom. The Morgan fingerprint density at radius 3 is 2.38 bits per heavy atom. The molecule has 184 valence electrons. The van der Waals surface area contributed by atoms with Crippen molar-refractivity contribution in [1.29, 1.82) is 0 Å². The van der Waals surface area contributed by atoms with Crippen LogP contribution in [0.15, 0.2) is 15.8 Å². The van der Waals surface area contributed by atoms with E-state index in [0.717, 1.165) is 10.8 Å². The molecular weight excluding hydrogens is 515 g/mol. The summed E-state index contributed by atoms with van der Waals surface area (Å²) >= 11 is 0. The monoisotopic (exact) mass is 532 g/mol. The molecule has 1 saturated heterocycles. The Morgan fingerprint density at radius 2 is 1.81 bits per heavy atom. The number of aliphatic hydroxyl groups excluding tert-OH is 1. The van der Waals surface area contributed by atoms with E-state index in [1.54, 1.807) is 0 Å². The lowest BCUT2D eigenvalue weighted by Crippen LogP contribution is -2.33. The number of aliphatic hydroxyl groups is 1. The maximum absolute atomic E-state index is 13.1. The van der Waals surface area contributed by atoms with Gasteiger partial charge in [-0.1, -0.05) is 0 Å². The summed E-state index contributed by atoms with van der Waals surface area (Å²) in [5.74, 6) is -5.53. The molecule has 1 aromatic rings. The van der Waals surface area contributed by atoms with Crippen LogP contribution in [0, 0.1) is 6.92 Å². The average molecular weight is 532 g/mol. The predicted octanol–water partition coefficient (Wildman–Crippen LogP) is -0.528. The van der Waals surface area contributed by atoms with E-state index >= 15 is 0 Å². The van der Waals surface area contributed by atoms with Crippen LogP contribution in [0.1, 0.15) is 18.2 Å². The van der Waals surface area contributed by atoms with E-state index in [9.17, 15) is 42.1 Å². The fraction of sp³-hybridized carbons (Fsp3) is 0.636. The van der Waals surface area contributed by atoms with Crippen molar-refractivity contribution in [1.82, 2.24) is 9.55 Å². The van der Waals surface area contributed by atoms with Gasteiger partial charge in [0.05, 0.1) is 12.7 Å². The number of hydrogen-bond acceptors (Lipinski definition) is 10. The SMILES string of the molecule is Cc1cn([C@H]2C[C@H](O)[C@@H](COP(=O)(O)OP(=O)(O)OC(F)(F)P(=O)(O)O)O2)c(=O)[nH]c1=O. The number of aromatic amines is 1. The first-order valence-corrected chi connectivity index (χ1v) is 12.8. The van der Waals surface area contributed by atoms with Gasteiger partial charge in [-0.05, 0) is 6.92 Å². The number of hydrogen-bond donors (Lipinski definition) is 6. The molecule has 0 amide bonds. The van der Waals surface area contributed by atoms with Gasteiger partial charge in [-0.3, -0.25) is 23.4 Å². The molecule has 32 heavy (non-hydrogen) atoms. The molecule has 1 aromatic heterocycles. The number of nitrogens with zero attached hydrogens (tertiary/aromatic N) is 1. The predicted molar refractivity (Wildman–Crippen MR) is 95.4 cm³/mol. The van der Waals surface area contributed by atoms with Gasteiger partial charge in [0.15, 0.2) is 0 Å². The van der Waals surface area contributed by atoms with Gasteiger partial charge >= 0.3 is 34.8 Å². The number of alkyl halides is 2. The van der Waals surface area contributed by atoms with E-state index in [0.29, 0.717) is 0 Å². The number of H-pyrrole nitrogens is 1. The van der Waals surface area contributed by atoms with Crippen LogP contribution in [0.5, 0.6) is 0 Å². The smallest absolute Gasteiger partial charge is 0.390 e. The molecule has 0 aliphatic carbocycles. The van der Waals surface area contributed by atoms with E-state index in [1.165, 1.54) is 6.92 Å². The van der Waals surface area contributed by atoms with E-state index in [-0.39, 0.29) is 12.0 Å². The van der Waals surface area contributed by atoms with E-state index in [1.807, 2.05) is 4.98 Å². The second kappa shape index (κ2) is 9.25. The summed E-state index contributed by atoms with van der Waals surface area (Å²) in [6.45, 7) is 0.350. The van der Waals surface area contributed by atoms with E-state index < -0.39 is 65.4 Å². The second-order valence-electron chi connectivity index (χ2n) is 6.35. The molecule has 0 spiro atoms. The summed E-state index contributed by atoms with van der Waals surface area (Å²) in [5, 5.41) is 9.99. The quantitative estimate of drug-likeness (QED) is 0.219. The van der Waals surface area contributed by atoms with Gasteiger partial charge in [-0.25, -0.2) is 18.4 Å². The van der Waals surface area contributed by atoms with Crippen LogP contribution in [0.4, 0.5) is 8.78 Å². The molecular formula is C11H17F2N2O14P3. The number of nitrogens with one attached hydrogen (secondary N) is 1. The molecule has 5 atom stereocenters. The van der Waals surface area contributed by atoms with Gasteiger partial charge in [0.25, 0.3) is 5.56 Å². The fourth-order valence-corrected chi connectivity index (χ4v) is 5.08. The van der Waals surface area contributed by atoms with Crippen LogP contribution in [0.25, 0.3) is 0 Å². The normalized spacial score (nSPS) is 25.9. The highest BCUT2D eigenvalue weighted by Gasteiger charge is 2.57. The van der Waals surface area contributed by atoms with Crippen LogP contribution in [0.3, 0.4) is 0 Å². The van der Waals surface area contributed by atoms with Crippen molar-refractivity contribution in [3.63, 3.8) is 0 Å². The standard InChI is InChI=1S/C11H17F2N2O14P3/c1-5-3-15(10(18)14-9(5)17)8-2-6(16)7(27-8)4-26-31(22,23)29-32(24,25)28-11(12,13)30(19,20)21/h3,6-8,16H,2,4H2,1H3,(H,22,23)(H,24,25)(H,14,17,18)(H2,19,20,21)/t6-,7+,8+/m0/s1. The third kappa shape index (κ3) is 6.70. The Hall–Kier alpha value is -1.13. The zero-order chi connectivity index (χ0) is 24.7. The summed E-state index contributed by atoms with van der Waals surface area (Å²) in [4.78, 5) is 60.5. The lowest BCUT2D eigenvalue weighted by atomic mass is 10.2. The van der Waals surface area contributed by atoms with Crippen LogP contribution < -0.4 is 11.2 Å². The molecule has 0 saturated carbocycles. The van der Waals surface area contributed by atoms with Gasteiger partial charge in [0.1, 0.15) is 12.3 Å². The van der Waals surface area contributed by atoms with Crippen molar-refractivity contribution in [2.24, 2.45) is 0 Å². The third-order valence-electron chi connectivity index (χ3n) is 3.83. The molecule has 6 N–H and O–H groups in total. The fourth-order valence-electron chi connectivity index (χ4n) is 2.37. The second-order valence-corrected chi connectivity index (χ2v) is 10.9. The Bertz CT molecular complexity index is 1110. The summed E-state index contributed by atoms with van der Waals surface area (Å²) in [6, 6.07) is 0. The largest absolute Gasteiger partial charge is 0.486 e. The summed E-state index contributed by atoms with van der Waals surface area (Å²) in [5.41, 5.74) is -1.43. The van der Waals surface area contributed by atoms with Crippen molar-refractivity contribution in [3.8, 4) is 0 Å². The minimum atomic E-state index is -6.40. The van der Waals surface area contributed by atoms with Crippen LogP contribution in [-0.2, 0) is 31.8 Å². The maximum atomic E-state index is 13.1. The van der Waals surface area contributed by atoms with Crippen molar-refractivity contribution in [2.45, 2.75) is 37.6 Å². The van der Waals surface area contributed by atoms with Crippen molar-refractivity contribution >= 4 is 23.2 Å². The summed E-state index contributed by atoms with van der Waals surface area (Å²) in [6.07, 6.45) is -3.14. The molecule has 1 aliphatic heterocycles. The molecule has 2 rings (SSSR count). The van der Waals surface area contributed by atoms with Gasteiger partial charge in [-0.2, -0.15) is 13.1 Å². The van der Waals surface area contributed by atoms with Crippen molar-refractivity contribution in [2.75, 3.05) is 6.61 Å². The molecule has 1 aliphatic rings. The van der Waals surface area contributed by atoms with Gasteiger partial charge in [0, 0.05) is 18.2 Å². The molecule has 0 radical (unpaired) electrons. The van der Waals surface area contributed by atoms with E-state index in [4.69, 9.17) is 19.4 Å². The molecule has 1 fully saturated rings. The highest BCUT2D eigenvalue weighted by molar-refractivity contribution is 7.61. The van der Waals surface area contributed by atoms with E-state index in [2.05, 4.69) is 13.4 Å². The first-order valence-electron chi connectivity index (χ1n) is 8.15. The lowest BCUT2D eigenvalue weighted by Gasteiger charge is -2.22. The Labute approximate surface area is 175 Å². The number of aryl methyl sites for hydroxylation is 1. The number of phosphoric ester groups is 2. The zero-order valence-corrected chi connectivity index (χ0v) is 18.4. The van der Waals surface area contributed by atoms with Crippen LogP contribution in [0.2, 0.25) is 0 Å². The molecule has 16 nitrogen and oxygen atoms in total. The minimum absolute atomic E-state index is 0.126. The number of ether oxygens (including phenoxy) is 1. The highest BCUT2D eigenvalue weighted by Crippen LogP contribution is 2.67. The maximum Gasteiger partial charge on any atom is 0.486 e. The number of phosphoric acid groups is 2. The summed E-state index contributed by atoms with van der Waals surface area (Å²) in [7, 11) is -18.3. The molecule has 0 aromatic carbocycles. The van der Waals surface area contributed by atoms with Gasteiger partial charge in [-0.15, -0.1) is 0 Å². The number of aromatic nitrogens is 2. The first kappa shape index (κ1) is 27.1. The molecule has 0 bridgehead atoms. The van der Waals surface area contributed by atoms with Crippen molar-refractivity contribution in [3.05, 3.63) is 32.6 Å². The minimum Gasteiger partial charge on any atom is -0.390 e. The van der Waals surface area contributed by atoms with Crippen LogP contribution >= 0.6 is 23.2 Å². The number of rotatable bonds is 9.